The van der Waals surface area contributed by atoms with Crippen LogP contribution in [-0.4, -0.2) is 4.98 Å². The van der Waals surface area contributed by atoms with E-state index in [1.54, 1.807) is 0 Å². The summed E-state index contributed by atoms with van der Waals surface area (Å²) >= 11 is 0. The fourth-order valence-electron chi connectivity index (χ4n) is 5.17. The second-order valence-corrected chi connectivity index (χ2v) is 10.1. The maximum atomic E-state index is 6.48. The highest BCUT2D eigenvalue weighted by molar-refractivity contribution is 6.03. The summed E-state index contributed by atoms with van der Waals surface area (Å²) < 4.78 is 12.5. The Kier molecular flexibility index (Phi) is 4.47. The Balaban J connectivity index is 1.64. The molecule has 0 unspecified atom stereocenters. The van der Waals surface area contributed by atoms with Gasteiger partial charge in [-0.25, -0.2) is 0 Å². The average Bonchev–Trinajstić information content (AvgIpc) is 3.33. The molecular weight excluding hydrogens is 418 g/mol. The lowest BCUT2D eigenvalue weighted by molar-refractivity contribution is 0.573. The molecule has 0 aliphatic rings. The highest BCUT2D eigenvalue weighted by Crippen LogP contribution is 2.43. The SMILES string of the molecule is Cc1oc2ccccc2c1-c1oc2ccnc(-c3cc(C(C)(C)C)c4ccccc4c3)c2c1C. The summed E-state index contributed by atoms with van der Waals surface area (Å²) in [5.74, 6) is 1.71. The van der Waals surface area contributed by atoms with Gasteiger partial charge in [-0.3, -0.25) is 4.98 Å². The van der Waals surface area contributed by atoms with Gasteiger partial charge in [0.05, 0.1) is 16.6 Å². The summed E-state index contributed by atoms with van der Waals surface area (Å²) in [7, 11) is 0. The van der Waals surface area contributed by atoms with Crippen molar-refractivity contribution in [1.82, 2.24) is 4.98 Å². The second kappa shape index (κ2) is 7.33. The summed E-state index contributed by atoms with van der Waals surface area (Å²) in [6.07, 6.45) is 1.84. The van der Waals surface area contributed by atoms with E-state index in [1.807, 2.05) is 37.4 Å². The molecular formula is C31H27NO2. The van der Waals surface area contributed by atoms with Crippen LogP contribution in [0.25, 0.3) is 55.3 Å². The lowest BCUT2D eigenvalue weighted by atomic mass is 9.82. The summed E-state index contributed by atoms with van der Waals surface area (Å²) in [5, 5.41) is 4.63. The van der Waals surface area contributed by atoms with Crippen LogP contribution in [0.15, 0.2) is 81.8 Å². The fraction of sp³-hybridized carbons (Fsp3) is 0.194. The molecule has 0 fully saturated rings. The minimum absolute atomic E-state index is 0.00688. The van der Waals surface area contributed by atoms with Crippen LogP contribution >= 0.6 is 0 Å². The number of hydrogen-bond acceptors (Lipinski definition) is 3. The van der Waals surface area contributed by atoms with Crippen LogP contribution in [0.3, 0.4) is 0 Å². The van der Waals surface area contributed by atoms with E-state index < -0.39 is 0 Å². The largest absolute Gasteiger partial charge is 0.461 e. The molecule has 3 nitrogen and oxygen atoms in total. The first-order chi connectivity index (χ1) is 16.3. The van der Waals surface area contributed by atoms with Gasteiger partial charge in [-0.05, 0) is 59.9 Å². The smallest absolute Gasteiger partial charge is 0.142 e. The predicted molar refractivity (Wildman–Crippen MR) is 140 cm³/mol. The van der Waals surface area contributed by atoms with Crippen LogP contribution in [-0.2, 0) is 5.41 Å². The number of furan rings is 2. The van der Waals surface area contributed by atoms with Crippen molar-refractivity contribution >= 4 is 32.7 Å². The van der Waals surface area contributed by atoms with Gasteiger partial charge in [-0.1, -0.05) is 63.2 Å². The standard InChI is InChI=1S/C31H27NO2/c1-18-27-26(34-30(18)28-19(2)33-25-13-9-8-12-23(25)28)14-15-32-29(27)21-16-20-10-6-7-11-22(20)24(17-21)31(3,4)5/h6-17H,1-5H3. The summed E-state index contributed by atoms with van der Waals surface area (Å²) in [6.45, 7) is 10.9. The minimum Gasteiger partial charge on any atom is -0.461 e. The van der Waals surface area contributed by atoms with Gasteiger partial charge in [0.15, 0.2) is 0 Å². The molecule has 3 aromatic heterocycles. The van der Waals surface area contributed by atoms with Crippen molar-refractivity contribution in [2.45, 2.75) is 40.0 Å². The normalized spacial score (nSPS) is 12.3. The molecule has 3 aromatic carbocycles. The van der Waals surface area contributed by atoms with Crippen molar-refractivity contribution in [2.24, 2.45) is 0 Å². The van der Waals surface area contributed by atoms with E-state index in [2.05, 4.69) is 70.2 Å². The van der Waals surface area contributed by atoms with Gasteiger partial charge in [-0.15, -0.1) is 0 Å². The maximum absolute atomic E-state index is 6.48. The zero-order valence-corrected chi connectivity index (χ0v) is 20.2. The quantitative estimate of drug-likeness (QED) is 0.267. The van der Waals surface area contributed by atoms with Crippen molar-refractivity contribution in [3.63, 3.8) is 0 Å². The molecule has 3 heterocycles. The number of rotatable bonds is 2. The minimum atomic E-state index is 0.00688. The van der Waals surface area contributed by atoms with Crippen molar-refractivity contribution in [3.8, 4) is 22.6 Å². The molecule has 168 valence electrons. The van der Waals surface area contributed by atoms with E-state index in [-0.39, 0.29) is 5.41 Å². The number of aryl methyl sites for hydroxylation is 2. The molecule has 0 radical (unpaired) electrons. The first-order valence-electron chi connectivity index (χ1n) is 11.7. The third-order valence-corrected chi connectivity index (χ3v) is 6.78. The van der Waals surface area contributed by atoms with Gasteiger partial charge in [0.1, 0.15) is 22.7 Å². The molecule has 0 saturated carbocycles. The molecule has 0 amide bonds. The topological polar surface area (TPSA) is 39.2 Å². The molecule has 6 aromatic rings. The van der Waals surface area contributed by atoms with Crippen molar-refractivity contribution in [1.29, 1.82) is 0 Å². The molecule has 0 atom stereocenters. The Morgan fingerprint density at radius 1 is 0.765 bits per heavy atom. The molecule has 0 aliphatic heterocycles. The van der Waals surface area contributed by atoms with Crippen LogP contribution in [0.2, 0.25) is 0 Å². The highest BCUT2D eigenvalue weighted by atomic mass is 16.4. The van der Waals surface area contributed by atoms with Crippen LogP contribution < -0.4 is 0 Å². The highest BCUT2D eigenvalue weighted by Gasteiger charge is 2.24. The zero-order valence-electron chi connectivity index (χ0n) is 20.2. The van der Waals surface area contributed by atoms with E-state index in [4.69, 9.17) is 13.8 Å². The van der Waals surface area contributed by atoms with E-state index in [0.717, 1.165) is 55.8 Å². The monoisotopic (exact) mass is 445 g/mol. The first kappa shape index (κ1) is 20.7. The molecule has 34 heavy (non-hydrogen) atoms. The van der Waals surface area contributed by atoms with E-state index in [0.29, 0.717) is 0 Å². The first-order valence-corrected chi connectivity index (χ1v) is 11.7. The fourth-order valence-corrected chi connectivity index (χ4v) is 5.17. The third kappa shape index (κ3) is 3.07. The summed E-state index contributed by atoms with van der Waals surface area (Å²) in [5.41, 5.74) is 7.20. The number of pyridine rings is 1. The van der Waals surface area contributed by atoms with Crippen LogP contribution in [0.1, 0.15) is 37.7 Å². The molecule has 0 N–H and O–H groups in total. The number of para-hydroxylation sites is 1. The Morgan fingerprint density at radius 3 is 2.29 bits per heavy atom. The van der Waals surface area contributed by atoms with Gasteiger partial charge < -0.3 is 8.83 Å². The zero-order chi connectivity index (χ0) is 23.6. The molecule has 6 rings (SSSR count). The second-order valence-electron chi connectivity index (χ2n) is 10.1. The lowest BCUT2D eigenvalue weighted by Gasteiger charge is -2.22. The number of aromatic nitrogens is 1. The molecule has 0 aliphatic carbocycles. The van der Waals surface area contributed by atoms with Gasteiger partial charge in [0.2, 0.25) is 0 Å². The third-order valence-electron chi connectivity index (χ3n) is 6.78. The molecule has 0 saturated heterocycles. The Bertz CT molecular complexity index is 1710. The van der Waals surface area contributed by atoms with Crippen molar-refractivity contribution < 1.29 is 8.83 Å². The van der Waals surface area contributed by atoms with E-state index in [1.165, 1.54) is 16.3 Å². The van der Waals surface area contributed by atoms with Crippen molar-refractivity contribution in [3.05, 3.63) is 89.8 Å². The number of fused-ring (bicyclic) bond motifs is 3. The Labute approximate surface area is 199 Å². The van der Waals surface area contributed by atoms with Gasteiger partial charge >= 0.3 is 0 Å². The van der Waals surface area contributed by atoms with Crippen LogP contribution in [0.5, 0.6) is 0 Å². The Morgan fingerprint density at radius 2 is 1.50 bits per heavy atom. The molecule has 0 spiro atoms. The maximum Gasteiger partial charge on any atom is 0.142 e. The number of hydrogen-bond donors (Lipinski definition) is 0. The van der Waals surface area contributed by atoms with Gasteiger partial charge in [0, 0.05) is 22.7 Å². The van der Waals surface area contributed by atoms with E-state index in [9.17, 15) is 0 Å². The number of benzene rings is 3. The number of nitrogens with zero attached hydrogens (tertiary/aromatic N) is 1. The average molecular weight is 446 g/mol. The molecule has 3 heteroatoms. The predicted octanol–water partition coefficient (Wildman–Crippen LogP) is 8.98. The van der Waals surface area contributed by atoms with Gasteiger partial charge in [-0.2, -0.15) is 0 Å². The van der Waals surface area contributed by atoms with E-state index >= 15 is 0 Å². The Hall–Kier alpha value is -3.85. The molecule has 0 bridgehead atoms. The lowest BCUT2D eigenvalue weighted by Crippen LogP contribution is -2.12. The van der Waals surface area contributed by atoms with Crippen LogP contribution in [0.4, 0.5) is 0 Å². The summed E-state index contributed by atoms with van der Waals surface area (Å²) in [4.78, 5) is 4.86. The van der Waals surface area contributed by atoms with Crippen LogP contribution in [0, 0.1) is 13.8 Å². The summed E-state index contributed by atoms with van der Waals surface area (Å²) in [6, 6.07) is 23.2. The van der Waals surface area contributed by atoms with Crippen molar-refractivity contribution in [2.75, 3.05) is 0 Å². The van der Waals surface area contributed by atoms with Gasteiger partial charge in [0.25, 0.3) is 0 Å².